The minimum absolute atomic E-state index is 0.358. The number of nitrogens with zero attached hydrogens (tertiary/aromatic N) is 3. The third kappa shape index (κ3) is 1.83. The molecule has 1 heterocycles. The molecular weight excluding hydrogens is 146 g/mol. The fraction of sp³-hybridized carbons (Fsp3) is 1.00. The van der Waals surface area contributed by atoms with Gasteiger partial charge < -0.3 is 9.47 Å². The van der Waals surface area contributed by atoms with E-state index >= 15 is 0 Å². The second-order valence-corrected chi connectivity index (χ2v) is 3.24. The Hall–Kier alpha value is -0.770. The van der Waals surface area contributed by atoms with Crippen LogP contribution in [0.3, 0.4) is 0 Å². The smallest absolute Gasteiger partial charge is 0.247 e. The molecule has 0 saturated carbocycles. The Kier molecular flexibility index (Phi) is 1.80. The van der Waals surface area contributed by atoms with Crippen LogP contribution in [0.4, 0.5) is 0 Å². The summed E-state index contributed by atoms with van der Waals surface area (Å²) in [6.07, 6.45) is 0. The van der Waals surface area contributed by atoms with Crippen LogP contribution in [0.2, 0.25) is 0 Å². The van der Waals surface area contributed by atoms with Gasteiger partial charge in [0.05, 0.1) is 12.2 Å². The Bertz CT molecular complexity index is 210. The monoisotopic (exact) mass is 157 g/mol. The predicted molar refractivity (Wildman–Crippen MR) is 38.7 cm³/mol. The van der Waals surface area contributed by atoms with Gasteiger partial charge in [-0.05, 0) is 31.4 Å². The second-order valence-electron chi connectivity index (χ2n) is 3.24. The molecule has 0 aromatic carbocycles. The van der Waals surface area contributed by atoms with Gasteiger partial charge in [0.25, 0.3) is 0 Å². The van der Waals surface area contributed by atoms with Crippen LogP contribution in [0.15, 0.2) is 5.11 Å². The highest BCUT2D eigenvalue weighted by Gasteiger charge is 2.41. The molecular formula is C6H11N3O2. The van der Waals surface area contributed by atoms with E-state index < -0.39 is 5.91 Å². The summed E-state index contributed by atoms with van der Waals surface area (Å²) >= 11 is 0. The van der Waals surface area contributed by atoms with E-state index in [1.54, 1.807) is 6.92 Å². The van der Waals surface area contributed by atoms with Crippen molar-refractivity contribution in [2.24, 2.45) is 5.11 Å². The van der Waals surface area contributed by atoms with Crippen molar-refractivity contribution in [2.75, 3.05) is 6.61 Å². The average Bonchev–Trinajstić information content (AvgIpc) is 2.07. The SMILES string of the molecule is CC1(C)COC(C)(N=[N+]=[N-])O1. The van der Waals surface area contributed by atoms with Gasteiger partial charge in [-0.25, -0.2) is 0 Å². The summed E-state index contributed by atoms with van der Waals surface area (Å²) in [4.78, 5) is 2.63. The molecule has 0 spiro atoms. The third-order valence-corrected chi connectivity index (χ3v) is 1.38. The highest BCUT2D eigenvalue weighted by Crippen LogP contribution is 2.31. The summed E-state index contributed by atoms with van der Waals surface area (Å²) in [5.41, 5.74) is 7.80. The summed E-state index contributed by atoms with van der Waals surface area (Å²) in [6.45, 7) is 5.81. The fourth-order valence-corrected chi connectivity index (χ4v) is 1.01. The molecule has 1 fully saturated rings. The van der Waals surface area contributed by atoms with E-state index in [4.69, 9.17) is 15.0 Å². The molecule has 0 bridgehead atoms. The van der Waals surface area contributed by atoms with Gasteiger partial charge in [0, 0.05) is 4.91 Å². The lowest BCUT2D eigenvalue weighted by Crippen LogP contribution is -2.27. The van der Waals surface area contributed by atoms with Gasteiger partial charge in [-0.1, -0.05) is 0 Å². The van der Waals surface area contributed by atoms with E-state index in [9.17, 15) is 0 Å². The van der Waals surface area contributed by atoms with Crippen molar-refractivity contribution in [1.29, 1.82) is 0 Å². The molecule has 0 N–H and O–H groups in total. The highest BCUT2D eigenvalue weighted by molar-refractivity contribution is 4.80. The molecule has 0 aromatic rings. The maximum atomic E-state index is 8.16. The van der Waals surface area contributed by atoms with Crippen LogP contribution >= 0.6 is 0 Å². The maximum absolute atomic E-state index is 8.16. The second kappa shape index (κ2) is 2.37. The molecule has 62 valence electrons. The topological polar surface area (TPSA) is 67.2 Å². The molecule has 1 aliphatic rings. The number of ether oxygens (including phenoxy) is 2. The fourth-order valence-electron chi connectivity index (χ4n) is 1.01. The largest absolute Gasteiger partial charge is 0.342 e. The summed E-state index contributed by atoms with van der Waals surface area (Å²) in [7, 11) is 0. The Morgan fingerprint density at radius 1 is 1.45 bits per heavy atom. The number of hydrogen-bond donors (Lipinski definition) is 0. The summed E-state index contributed by atoms with van der Waals surface area (Å²) < 4.78 is 10.5. The average molecular weight is 157 g/mol. The number of azide groups is 1. The number of hydrogen-bond acceptors (Lipinski definition) is 3. The van der Waals surface area contributed by atoms with E-state index in [-0.39, 0.29) is 5.60 Å². The zero-order valence-corrected chi connectivity index (χ0v) is 6.87. The minimum atomic E-state index is -1.11. The van der Waals surface area contributed by atoms with Crippen LogP contribution in [0.5, 0.6) is 0 Å². The van der Waals surface area contributed by atoms with E-state index in [0.717, 1.165) is 0 Å². The molecule has 1 saturated heterocycles. The zero-order chi connectivity index (χ0) is 8.54. The standard InChI is InChI=1S/C6H11N3O2/c1-5(2)4-10-6(3,11-5)8-9-7/h4H2,1-3H3. The van der Waals surface area contributed by atoms with Crippen LogP contribution in [-0.4, -0.2) is 18.1 Å². The Labute approximate surface area is 64.9 Å². The minimum Gasteiger partial charge on any atom is -0.342 e. The van der Waals surface area contributed by atoms with Gasteiger partial charge in [-0.15, -0.1) is 0 Å². The lowest BCUT2D eigenvalue weighted by atomic mass is 10.2. The molecule has 1 aliphatic heterocycles. The highest BCUT2D eigenvalue weighted by atomic mass is 16.8. The van der Waals surface area contributed by atoms with Crippen LogP contribution in [-0.2, 0) is 9.47 Å². The van der Waals surface area contributed by atoms with E-state index in [1.165, 1.54) is 0 Å². The molecule has 0 aliphatic carbocycles. The Morgan fingerprint density at radius 3 is 2.45 bits per heavy atom. The quantitative estimate of drug-likeness (QED) is 0.331. The molecule has 5 nitrogen and oxygen atoms in total. The zero-order valence-electron chi connectivity index (χ0n) is 6.87. The first kappa shape index (κ1) is 8.33. The lowest BCUT2D eigenvalue weighted by molar-refractivity contribution is -0.162. The van der Waals surface area contributed by atoms with Crippen LogP contribution < -0.4 is 0 Å². The van der Waals surface area contributed by atoms with Gasteiger partial charge in [-0.3, -0.25) is 0 Å². The molecule has 0 aromatic heterocycles. The van der Waals surface area contributed by atoms with Crippen LogP contribution in [0, 0.1) is 0 Å². The molecule has 0 radical (unpaired) electrons. The van der Waals surface area contributed by atoms with Crippen LogP contribution in [0.1, 0.15) is 20.8 Å². The van der Waals surface area contributed by atoms with E-state index in [1.807, 2.05) is 13.8 Å². The lowest BCUT2D eigenvalue weighted by Gasteiger charge is -2.19. The summed E-state index contributed by atoms with van der Waals surface area (Å²) in [5, 5.41) is 3.39. The first-order chi connectivity index (χ1) is 4.97. The van der Waals surface area contributed by atoms with Crippen molar-refractivity contribution < 1.29 is 9.47 Å². The van der Waals surface area contributed by atoms with Gasteiger partial charge in [0.1, 0.15) is 0 Å². The van der Waals surface area contributed by atoms with E-state index in [2.05, 4.69) is 10.0 Å². The first-order valence-electron chi connectivity index (χ1n) is 3.38. The molecule has 0 amide bonds. The predicted octanol–water partition coefficient (Wildman–Crippen LogP) is 1.80. The van der Waals surface area contributed by atoms with Crippen LogP contribution in [0.25, 0.3) is 10.4 Å². The number of rotatable bonds is 1. The van der Waals surface area contributed by atoms with Crippen molar-refractivity contribution in [2.45, 2.75) is 32.3 Å². The van der Waals surface area contributed by atoms with Crippen molar-refractivity contribution in [3.63, 3.8) is 0 Å². The molecule has 1 atom stereocenters. The molecule has 1 unspecified atom stereocenters. The van der Waals surface area contributed by atoms with E-state index in [0.29, 0.717) is 6.61 Å². The van der Waals surface area contributed by atoms with Gasteiger partial charge in [-0.2, -0.15) is 0 Å². The molecule has 1 rings (SSSR count). The van der Waals surface area contributed by atoms with Crippen molar-refractivity contribution in [1.82, 2.24) is 0 Å². The molecule has 11 heavy (non-hydrogen) atoms. The van der Waals surface area contributed by atoms with Crippen molar-refractivity contribution in [3.05, 3.63) is 10.4 Å². The summed E-state index contributed by atoms with van der Waals surface area (Å²) in [5.74, 6) is -1.11. The van der Waals surface area contributed by atoms with Gasteiger partial charge in [0.2, 0.25) is 5.91 Å². The third-order valence-electron chi connectivity index (χ3n) is 1.38. The van der Waals surface area contributed by atoms with Crippen molar-refractivity contribution in [3.8, 4) is 0 Å². The Morgan fingerprint density at radius 2 is 2.09 bits per heavy atom. The normalized spacial score (nSPS) is 34.8. The maximum Gasteiger partial charge on any atom is 0.247 e. The van der Waals surface area contributed by atoms with Gasteiger partial charge in [0.15, 0.2) is 0 Å². The summed E-state index contributed by atoms with van der Waals surface area (Å²) in [6, 6.07) is 0. The first-order valence-corrected chi connectivity index (χ1v) is 3.38. The van der Waals surface area contributed by atoms with Crippen molar-refractivity contribution >= 4 is 0 Å². The molecule has 5 heteroatoms. The van der Waals surface area contributed by atoms with Gasteiger partial charge >= 0.3 is 0 Å². The Balaban J connectivity index is 2.72.